The minimum absolute atomic E-state index is 0.0194. The van der Waals surface area contributed by atoms with Crippen LogP contribution in [0.15, 0.2) is 146 Å². The Balaban J connectivity index is 5.45. The summed E-state index contributed by atoms with van der Waals surface area (Å²) in [6.45, 7) is 6.68. The van der Waals surface area contributed by atoms with Gasteiger partial charge in [-0.25, -0.2) is 4.57 Å². The molecule has 3 atom stereocenters. The molecule has 0 fully saturated rings. The Kier molecular flexibility index (Phi) is 52.3. The van der Waals surface area contributed by atoms with Gasteiger partial charge in [-0.05, 0) is 96.0 Å². The van der Waals surface area contributed by atoms with E-state index in [1.54, 1.807) is 0 Å². The number of hydrogen-bond acceptors (Lipinski definition) is 6. The van der Waals surface area contributed by atoms with Gasteiger partial charge in [0.15, 0.2) is 0 Å². The molecule has 2 N–H and O–H groups in total. The lowest BCUT2D eigenvalue weighted by atomic mass is 10.0. The number of nitrogens with one attached hydrogen (secondary N) is 1. The minimum atomic E-state index is -4.48. The normalized spacial score (nSPS) is 14.7. The number of allylic oxidation sites excluding steroid dienone is 23. The number of ether oxygens (including phenoxy) is 1. The zero-order valence-electron chi connectivity index (χ0n) is 49.6. The second-order valence-electron chi connectivity index (χ2n) is 20.9. The summed E-state index contributed by atoms with van der Waals surface area (Å²) in [5.74, 6) is -0.591. The summed E-state index contributed by atoms with van der Waals surface area (Å²) >= 11 is 0. The van der Waals surface area contributed by atoms with Crippen molar-refractivity contribution in [2.24, 2.45) is 0 Å². The predicted molar refractivity (Wildman–Crippen MR) is 332 cm³/mol. The van der Waals surface area contributed by atoms with Crippen molar-refractivity contribution < 1.29 is 37.3 Å². The number of unbranched alkanes of at least 4 members (excludes halogenated alkanes) is 19. The molecule has 0 saturated heterocycles. The monoisotopic (exact) mass is 1090 g/mol. The number of likely N-dealkylation sites (N-methyl/N-ethyl adjacent to an activating group) is 1. The number of nitrogens with zero attached hydrogens (tertiary/aromatic N) is 1. The van der Waals surface area contributed by atoms with E-state index in [2.05, 4.69) is 99.0 Å². The van der Waals surface area contributed by atoms with Gasteiger partial charge in [0.05, 0.1) is 33.8 Å². The first kappa shape index (κ1) is 72.9. The topological polar surface area (TPSA) is 111 Å². The van der Waals surface area contributed by atoms with Gasteiger partial charge in [0.2, 0.25) is 5.91 Å². The van der Waals surface area contributed by atoms with Crippen LogP contribution in [-0.2, 0) is 27.9 Å². The highest BCUT2D eigenvalue weighted by Crippen LogP contribution is 2.43. The largest absolute Gasteiger partial charge is 0.472 e. The molecule has 436 valence electrons. The molecule has 0 aliphatic heterocycles. The summed E-state index contributed by atoms with van der Waals surface area (Å²) < 4.78 is 30.6. The van der Waals surface area contributed by atoms with E-state index in [9.17, 15) is 19.0 Å². The Labute approximate surface area is 472 Å². The van der Waals surface area contributed by atoms with Gasteiger partial charge in [0.25, 0.3) is 0 Å². The third-order valence-corrected chi connectivity index (χ3v) is 13.4. The summed E-state index contributed by atoms with van der Waals surface area (Å²) in [7, 11) is 1.43. The van der Waals surface area contributed by atoms with Gasteiger partial charge in [-0.2, -0.15) is 0 Å². The van der Waals surface area contributed by atoms with Crippen LogP contribution in [0.5, 0.6) is 0 Å². The molecular formula is C67H112N2O7P+. The highest BCUT2D eigenvalue weighted by Gasteiger charge is 2.30. The van der Waals surface area contributed by atoms with Crippen molar-refractivity contribution >= 4 is 19.7 Å². The van der Waals surface area contributed by atoms with E-state index in [1.165, 1.54) is 57.8 Å². The quantitative estimate of drug-likeness (QED) is 0.0156. The van der Waals surface area contributed by atoms with Gasteiger partial charge in [0.1, 0.15) is 19.3 Å². The first-order valence-corrected chi connectivity index (χ1v) is 31.7. The first-order chi connectivity index (χ1) is 37.4. The fraction of sp³-hybridized carbons (Fsp3) is 0.612. The van der Waals surface area contributed by atoms with Crippen LogP contribution < -0.4 is 5.32 Å². The molecule has 3 unspecified atom stereocenters. The Bertz CT molecular complexity index is 1830. The Hall–Kier alpha value is -4.11. The molecule has 0 aromatic carbocycles. The maximum atomic E-state index is 13.5. The zero-order valence-corrected chi connectivity index (χ0v) is 50.5. The molecule has 1 amide bonds. The smallest absolute Gasteiger partial charge is 0.456 e. The van der Waals surface area contributed by atoms with Crippen molar-refractivity contribution in [2.75, 3.05) is 40.9 Å². The molecule has 0 bridgehead atoms. The predicted octanol–water partition coefficient (Wildman–Crippen LogP) is 18.7. The third kappa shape index (κ3) is 56.4. The molecule has 0 aliphatic carbocycles. The maximum Gasteiger partial charge on any atom is 0.472 e. The van der Waals surface area contributed by atoms with E-state index < -0.39 is 20.0 Å². The van der Waals surface area contributed by atoms with E-state index in [4.69, 9.17) is 13.8 Å². The van der Waals surface area contributed by atoms with Crippen LogP contribution in [0.2, 0.25) is 0 Å². The first-order valence-electron chi connectivity index (χ1n) is 30.2. The summed E-state index contributed by atoms with van der Waals surface area (Å²) in [4.78, 5) is 37.7. The van der Waals surface area contributed by atoms with Gasteiger partial charge in [-0.1, -0.05) is 250 Å². The molecule has 0 aliphatic rings. The van der Waals surface area contributed by atoms with Gasteiger partial charge < -0.3 is 19.4 Å². The second-order valence-corrected chi connectivity index (χ2v) is 22.4. The number of quaternary nitrogens is 1. The van der Waals surface area contributed by atoms with Crippen LogP contribution in [0.4, 0.5) is 0 Å². The SMILES string of the molecule is CC\C=C/C=C/C=C/C=C\C=C\C=C\CCCCCC(=O)OC(/C=C\CCCCCCCCCCCCC)C(COP(=O)(O)OCC[N+](C)(C)C)NC(=O)CCCCCCC/C=C\C/C=C\C/C=C\C/C=C\C/C=C\CC. The number of carbonyl (C=O) groups is 2. The van der Waals surface area contributed by atoms with E-state index >= 15 is 0 Å². The van der Waals surface area contributed by atoms with Crippen molar-refractivity contribution in [1.29, 1.82) is 0 Å². The van der Waals surface area contributed by atoms with Crippen molar-refractivity contribution in [1.82, 2.24) is 5.32 Å². The summed E-state index contributed by atoms with van der Waals surface area (Å²) in [6, 6.07) is -0.889. The van der Waals surface area contributed by atoms with E-state index in [1.807, 2.05) is 94.1 Å². The van der Waals surface area contributed by atoms with E-state index in [-0.39, 0.29) is 31.5 Å². The highest BCUT2D eigenvalue weighted by molar-refractivity contribution is 7.47. The molecule has 10 heteroatoms. The van der Waals surface area contributed by atoms with Crippen molar-refractivity contribution in [3.8, 4) is 0 Å². The van der Waals surface area contributed by atoms with E-state index in [0.29, 0.717) is 30.3 Å². The Morgan fingerprint density at radius 1 is 0.481 bits per heavy atom. The number of phosphoric acid groups is 1. The van der Waals surface area contributed by atoms with Gasteiger partial charge in [0, 0.05) is 12.8 Å². The molecule has 9 nitrogen and oxygen atoms in total. The summed E-state index contributed by atoms with van der Waals surface area (Å²) in [5, 5.41) is 3.03. The molecule has 0 aromatic rings. The third-order valence-electron chi connectivity index (χ3n) is 12.4. The van der Waals surface area contributed by atoms with Crippen molar-refractivity contribution in [3.63, 3.8) is 0 Å². The Morgan fingerprint density at radius 3 is 1.42 bits per heavy atom. The Morgan fingerprint density at radius 2 is 0.896 bits per heavy atom. The lowest BCUT2D eigenvalue weighted by molar-refractivity contribution is -0.870. The zero-order chi connectivity index (χ0) is 56.4. The lowest BCUT2D eigenvalue weighted by Gasteiger charge is -2.27. The average molecular weight is 1090 g/mol. The minimum Gasteiger partial charge on any atom is -0.456 e. The number of esters is 1. The van der Waals surface area contributed by atoms with Gasteiger partial charge in [-0.3, -0.25) is 18.6 Å². The summed E-state index contributed by atoms with van der Waals surface area (Å²) in [5.41, 5.74) is 0. The van der Waals surface area contributed by atoms with Crippen LogP contribution in [0.3, 0.4) is 0 Å². The molecule has 0 rings (SSSR count). The highest BCUT2D eigenvalue weighted by atomic mass is 31.2. The molecule has 0 saturated carbocycles. The number of rotatable bonds is 52. The van der Waals surface area contributed by atoms with Gasteiger partial charge in [-0.15, -0.1) is 0 Å². The molecule has 0 spiro atoms. The van der Waals surface area contributed by atoms with Crippen LogP contribution in [0.1, 0.15) is 213 Å². The van der Waals surface area contributed by atoms with Gasteiger partial charge >= 0.3 is 13.8 Å². The van der Waals surface area contributed by atoms with Crippen LogP contribution in [0, 0.1) is 0 Å². The number of amides is 1. The van der Waals surface area contributed by atoms with Crippen molar-refractivity contribution in [2.45, 2.75) is 226 Å². The van der Waals surface area contributed by atoms with Crippen LogP contribution in [-0.4, -0.2) is 74.3 Å². The van der Waals surface area contributed by atoms with Crippen LogP contribution >= 0.6 is 7.82 Å². The molecule has 77 heavy (non-hydrogen) atoms. The second kappa shape index (κ2) is 55.2. The number of carbonyl (C=O) groups excluding carboxylic acids is 2. The fourth-order valence-electron chi connectivity index (χ4n) is 7.82. The lowest BCUT2D eigenvalue weighted by Crippen LogP contribution is -2.47. The number of hydrogen-bond donors (Lipinski definition) is 2. The van der Waals surface area contributed by atoms with Crippen LogP contribution in [0.25, 0.3) is 0 Å². The maximum absolute atomic E-state index is 13.5. The number of phosphoric ester groups is 1. The molecule has 0 aromatic heterocycles. The van der Waals surface area contributed by atoms with Crippen molar-refractivity contribution in [3.05, 3.63) is 146 Å². The molecule has 0 heterocycles. The standard InChI is InChI=1S/C67H111N2O7P/c1-7-10-13-16-19-22-25-28-30-32-33-34-35-37-38-41-44-47-50-53-56-59-66(70)68-64(63-75-77(72,73)74-62-61-69(4,5)6)65(58-55-52-49-46-43-40-27-24-21-18-15-12-9-3)76-67(71)60-57-54-51-48-45-42-39-36-31-29-26-23-20-17-14-11-8-2/h10-11,13-14,17,19-20,22-23,26,28-31,33-34,36-39,42,45,55,58,64-65H,7-9,12,15-16,18,21,24-25,27,32,35,40-41,43-44,46-54,56-57,59-63H2,1-6H3,(H-,68,70,72,73)/p+1/b13-10-,14-11-,20-17+,22-19-,26-23+,30-28-,31-29-,34-33-,38-37-,39-36+,45-42+,58-55-. The molecular weight excluding hydrogens is 976 g/mol. The van der Waals surface area contributed by atoms with E-state index in [0.717, 1.165) is 109 Å². The molecule has 0 radical (unpaired) electrons. The summed E-state index contributed by atoms with van der Waals surface area (Å²) in [6.07, 6.45) is 79.8. The fourth-order valence-corrected chi connectivity index (χ4v) is 8.56. The average Bonchev–Trinajstić information content (AvgIpc) is 3.39.